The Morgan fingerprint density at radius 2 is 2.06 bits per heavy atom. The SMILES string of the molecule is CN(c1ccc2c(c1)OCO2)C1CC(C(=O)O)C1. The molecule has 1 N–H and O–H groups in total. The molecule has 1 aliphatic carbocycles. The van der Waals surface area contributed by atoms with E-state index in [0.717, 1.165) is 17.2 Å². The van der Waals surface area contributed by atoms with E-state index < -0.39 is 5.97 Å². The van der Waals surface area contributed by atoms with Gasteiger partial charge in [0.25, 0.3) is 0 Å². The molecule has 0 saturated heterocycles. The third-order valence-corrected chi connectivity index (χ3v) is 3.77. The lowest BCUT2D eigenvalue weighted by molar-refractivity contribution is -0.145. The molecule has 1 aliphatic heterocycles. The standard InChI is InChI=1S/C13H15NO4/c1-14(10-4-8(5-10)13(15)16)9-2-3-11-12(6-9)18-7-17-11/h2-3,6,8,10H,4-5,7H2,1H3,(H,15,16). The van der Waals surface area contributed by atoms with E-state index in [4.69, 9.17) is 14.6 Å². The average molecular weight is 249 g/mol. The van der Waals surface area contributed by atoms with Gasteiger partial charge in [0.1, 0.15) is 0 Å². The Labute approximate surface area is 105 Å². The second-order valence-corrected chi connectivity index (χ2v) is 4.81. The van der Waals surface area contributed by atoms with Crippen LogP contribution in [0.25, 0.3) is 0 Å². The lowest BCUT2D eigenvalue weighted by Crippen LogP contribution is -2.45. The van der Waals surface area contributed by atoms with E-state index >= 15 is 0 Å². The van der Waals surface area contributed by atoms with E-state index in [-0.39, 0.29) is 12.7 Å². The summed E-state index contributed by atoms with van der Waals surface area (Å²) in [6.45, 7) is 0.271. The zero-order chi connectivity index (χ0) is 12.7. The van der Waals surface area contributed by atoms with Crippen LogP contribution in [-0.2, 0) is 4.79 Å². The molecule has 1 heterocycles. The molecule has 0 atom stereocenters. The molecule has 0 radical (unpaired) electrons. The minimum absolute atomic E-state index is 0.188. The van der Waals surface area contributed by atoms with E-state index in [2.05, 4.69) is 4.90 Å². The molecule has 2 aliphatic rings. The van der Waals surface area contributed by atoms with Crippen molar-refractivity contribution in [2.24, 2.45) is 5.92 Å². The van der Waals surface area contributed by atoms with Crippen molar-refractivity contribution in [1.82, 2.24) is 0 Å². The van der Waals surface area contributed by atoms with E-state index in [1.807, 2.05) is 25.2 Å². The predicted molar refractivity (Wildman–Crippen MR) is 65.1 cm³/mol. The lowest BCUT2D eigenvalue weighted by atomic mass is 9.79. The zero-order valence-corrected chi connectivity index (χ0v) is 10.1. The molecule has 0 bridgehead atoms. The van der Waals surface area contributed by atoms with E-state index in [9.17, 15) is 4.79 Å². The summed E-state index contributed by atoms with van der Waals surface area (Å²) < 4.78 is 10.6. The fourth-order valence-electron chi connectivity index (χ4n) is 2.42. The first-order valence-corrected chi connectivity index (χ1v) is 6.00. The number of hydrogen-bond donors (Lipinski definition) is 1. The van der Waals surface area contributed by atoms with Crippen molar-refractivity contribution >= 4 is 11.7 Å². The van der Waals surface area contributed by atoms with Crippen LogP contribution in [0.5, 0.6) is 11.5 Å². The summed E-state index contributed by atoms with van der Waals surface area (Å²) in [7, 11) is 1.99. The smallest absolute Gasteiger partial charge is 0.306 e. The van der Waals surface area contributed by atoms with Gasteiger partial charge in [0.2, 0.25) is 6.79 Å². The van der Waals surface area contributed by atoms with Crippen molar-refractivity contribution in [2.75, 3.05) is 18.7 Å². The Hall–Kier alpha value is -1.91. The van der Waals surface area contributed by atoms with Gasteiger partial charge in [-0.1, -0.05) is 0 Å². The number of anilines is 1. The Morgan fingerprint density at radius 1 is 1.33 bits per heavy atom. The zero-order valence-electron chi connectivity index (χ0n) is 10.1. The molecule has 3 rings (SSSR count). The maximum atomic E-state index is 10.8. The van der Waals surface area contributed by atoms with Crippen molar-refractivity contribution in [2.45, 2.75) is 18.9 Å². The van der Waals surface area contributed by atoms with Crippen LogP contribution in [0.15, 0.2) is 18.2 Å². The maximum Gasteiger partial charge on any atom is 0.306 e. The molecule has 0 spiro atoms. The minimum Gasteiger partial charge on any atom is -0.481 e. The number of carboxylic acids is 1. The Kier molecular flexibility index (Phi) is 2.54. The molecule has 5 nitrogen and oxygen atoms in total. The van der Waals surface area contributed by atoms with Crippen molar-refractivity contribution in [3.8, 4) is 11.5 Å². The number of nitrogens with zero attached hydrogens (tertiary/aromatic N) is 1. The first-order valence-electron chi connectivity index (χ1n) is 6.00. The van der Waals surface area contributed by atoms with Gasteiger partial charge in [0.15, 0.2) is 11.5 Å². The molecular weight excluding hydrogens is 234 g/mol. The average Bonchev–Trinajstić information content (AvgIpc) is 2.72. The molecule has 96 valence electrons. The molecule has 1 aromatic rings. The van der Waals surface area contributed by atoms with Crippen molar-refractivity contribution in [3.05, 3.63) is 18.2 Å². The topological polar surface area (TPSA) is 59.0 Å². The van der Waals surface area contributed by atoms with Crippen LogP contribution >= 0.6 is 0 Å². The summed E-state index contributed by atoms with van der Waals surface area (Å²) in [5.41, 5.74) is 1.04. The lowest BCUT2D eigenvalue weighted by Gasteiger charge is -2.40. The molecule has 0 amide bonds. The van der Waals surface area contributed by atoms with Gasteiger partial charge in [-0.3, -0.25) is 4.79 Å². The third-order valence-electron chi connectivity index (χ3n) is 3.77. The highest BCUT2D eigenvalue weighted by Crippen LogP contribution is 2.38. The van der Waals surface area contributed by atoms with Crippen LogP contribution in [0.2, 0.25) is 0 Å². The molecule has 1 aromatic carbocycles. The molecule has 18 heavy (non-hydrogen) atoms. The van der Waals surface area contributed by atoms with Crippen LogP contribution in [0, 0.1) is 5.92 Å². The molecule has 5 heteroatoms. The van der Waals surface area contributed by atoms with Gasteiger partial charge in [-0.2, -0.15) is 0 Å². The van der Waals surface area contributed by atoms with Gasteiger partial charge < -0.3 is 19.5 Å². The maximum absolute atomic E-state index is 10.8. The number of rotatable bonds is 3. The minimum atomic E-state index is -0.690. The predicted octanol–water partition coefficient (Wildman–Crippen LogP) is 1.71. The first kappa shape index (κ1) is 11.2. The number of hydrogen-bond acceptors (Lipinski definition) is 4. The van der Waals surface area contributed by atoms with Gasteiger partial charge in [-0.25, -0.2) is 0 Å². The Bertz CT molecular complexity index is 482. The third kappa shape index (κ3) is 1.75. The molecule has 0 unspecified atom stereocenters. The van der Waals surface area contributed by atoms with Crippen LogP contribution in [0.4, 0.5) is 5.69 Å². The van der Waals surface area contributed by atoms with E-state index in [1.54, 1.807) is 0 Å². The second kappa shape index (κ2) is 4.08. The fourth-order valence-corrected chi connectivity index (χ4v) is 2.42. The van der Waals surface area contributed by atoms with Crippen LogP contribution in [0.1, 0.15) is 12.8 Å². The summed E-state index contributed by atoms with van der Waals surface area (Å²) in [5.74, 6) is 0.648. The van der Waals surface area contributed by atoms with Gasteiger partial charge in [-0.05, 0) is 25.0 Å². The number of aliphatic carboxylic acids is 1. The van der Waals surface area contributed by atoms with Gasteiger partial charge >= 0.3 is 5.97 Å². The highest BCUT2D eigenvalue weighted by Gasteiger charge is 2.37. The van der Waals surface area contributed by atoms with Crippen LogP contribution in [-0.4, -0.2) is 31.0 Å². The molecule has 1 saturated carbocycles. The fraction of sp³-hybridized carbons (Fsp3) is 0.462. The number of benzene rings is 1. The monoisotopic (exact) mass is 249 g/mol. The van der Waals surface area contributed by atoms with Crippen molar-refractivity contribution < 1.29 is 19.4 Å². The first-order chi connectivity index (χ1) is 8.65. The number of carbonyl (C=O) groups is 1. The molecule has 1 fully saturated rings. The van der Waals surface area contributed by atoms with Gasteiger partial charge in [0.05, 0.1) is 5.92 Å². The number of ether oxygens (including phenoxy) is 2. The highest BCUT2D eigenvalue weighted by atomic mass is 16.7. The number of carboxylic acid groups (broad SMARTS) is 1. The highest BCUT2D eigenvalue weighted by molar-refractivity contribution is 5.72. The largest absolute Gasteiger partial charge is 0.481 e. The van der Waals surface area contributed by atoms with E-state index in [1.165, 1.54) is 0 Å². The normalized spacial score (nSPS) is 24.5. The summed E-state index contributed by atoms with van der Waals surface area (Å²) in [5, 5.41) is 8.88. The molecular formula is C13H15NO4. The second-order valence-electron chi connectivity index (χ2n) is 4.81. The quantitative estimate of drug-likeness (QED) is 0.883. The Balaban J connectivity index is 1.70. The van der Waals surface area contributed by atoms with Crippen LogP contribution < -0.4 is 14.4 Å². The summed E-state index contributed by atoms with van der Waals surface area (Å²) in [4.78, 5) is 12.9. The van der Waals surface area contributed by atoms with E-state index in [0.29, 0.717) is 18.9 Å². The van der Waals surface area contributed by atoms with Crippen molar-refractivity contribution in [3.63, 3.8) is 0 Å². The summed E-state index contributed by atoms with van der Waals surface area (Å²) >= 11 is 0. The molecule has 0 aromatic heterocycles. The summed E-state index contributed by atoms with van der Waals surface area (Å²) in [6, 6.07) is 6.10. The van der Waals surface area contributed by atoms with Crippen molar-refractivity contribution in [1.29, 1.82) is 0 Å². The van der Waals surface area contributed by atoms with Crippen LogP contribution in [0.3, 0.4) is 0 Å². The van der Waals surface area contributed by atoms with Gasteiger partial charge in [0, 0.05) is 24.8 Å². The number of fused-ring (bicyclic) bond motifs is 1. The Morgan fingerprint density at radius 3 is 2.78 bits per heavy atom. The summed E-state index contributed by atoms with van der Waals surface area (Å²) in [6.07, 6.45) is 1.42. The van der Waals surface area contributed by atoms with Gasteiger partial charge in [-0.15, -0.1) is 0 Å².